The quantitative estimate of drug-likeness (QED) is 0.208. The van der Waals surface area contributed by atoms with Gasteiger partial charge in [-0.1, -0.05) is 68.8 Å². The Kier molecular flexibility index (Phi) is 7.83. The maximum absolute atomic E-state index is 13.4. The Labute approximate surface area is 228 Å². The highest BCUT2D eigenvalue weighted by molar-refractivity contribution is 6.47. The highest BCUT2D eigenvalue weighted by atomic mass is 35.5. The summed E-state index contributed by atoms with van der Waals surface area (Å²) in [4.78, 5) is 28.3. The third-order valence-electron chi connectivity index (χ3n) is 6.65. The topological polar surface area (TPSA) is 76.1 Å². The maximum Gasteiger partial charge on any atom is 0.295 e. The zero-order valence-electron chi connectivity index (χ0n) is 22.2. The van der Waals surface area contributed by atoms with Crippen molar-refractivity contribution in [2.45, 2.75) is 45.7 Å². The third-order valence-corrected chi connectivity index (χ3v) is 6.98. The van der Waals surface area contributed by atoms with Crippen molar-refractivity contribution in [3.8, 4) is 11.5 Å². The van der Waals surface area contributed by atoms with Gasteiger partial charge in [-0.15, -0.1) is 0 Å². The zero-order chi connectivity index (χ0) is 27.6. The van der Waals surface area contributed by atoms with E-state index in [0.29, 0.717) is 17.9 Å². The van der Waals surface area contributed by atoms with Gasteiger partial charge in [0.1, 0.15) is 17.3 Å². The van der Waals surface area contributed by atoms with Crippen LogP contribution in [0.2, 0.25) is 5.02 Å². The van der Waals surface area contributed by atoms with Crippen LogP contribution in [-0.2, 0) is 21.5 Å². The molecule has 1 unspecified atom stereocenters. The summed E-state index contributed by atoms with van der Waals surface area (Å²) < 4.78 is 10.8. The summed E-state index contributed by atoms with van der Waals surface area (Å²) in [5.41, 5.74) is 2.79. The predicted molar refractivity (Wildman–Crippen MR) is 149 cm³/mol. The molecule has 7 heteroatoms. The molecule has 1 saturated heterocycles. The summed E-state index contributed by atoms with van der Waals surface area (Å²) in [6.07, 6.45) is 0. The van der Waals surface area contributed by atoms with Gasteiger partial charge in [0.2, 0.25) is 0 Å². The number of carbonyl (C=O) groups is 2. The Bertz CT molecular complexity index is 1370. The van der Waals surface area contributed by atoms with E-state index in [1.54, 1.807) is 18.2 Å². The average molecular weight is 534 g/mol. The Morgan fingerprint density at radius 3 is 2.18 bits per heavy atom. The SMILES string of the molecule is CCOc1ccc(CN2C(=O)C(=O)/C(=C(/O)c3cc(OC)ccc3Cl)C2c2ccc(C(C)(C)C)cc2)cc1. The molecule has 0 radical (unpaired) electrons. The van der Waals surface area contributed by atoms with Crippen molar-refractivity contribution in [1.82, 2.24) is 4.90 Å². The predicted octanol–water partition coefficient (Wildman–Crippen LogP) is 6.67. The first kappa shape index (κ1) is 27.3. The standard InChI is InChI=1S/C31H32ClNO5/c1-6-38-22-13-7-19(8-14-22)18-33-27(20-9-11-21(12-10-20)31(2,3)4)26(29(35)30(33)36)28(34)24-17-23(37-5)15-16-25(24)32/h7-17,27,34H,6,18H2,1-5H3/b28-26+. The minimum absolute atomic E-state index is 0.0143. The molecule has 1 aliphatic heterocycles. The molecule has 0 saturated carbocycles. The maximum atomic E-state index is 13.4. The largest absolute Gasteiger partial charge is 0.507 e. The molecule has 1 fully saturated rings. The normalized spacial score (nSPS) is 17.1. The average Bonchev–Trinajstić information content (AvgIpc) is 3.14. The lowest BCUT2D eigenvalue weighted by Gasteiger charge is -2.27. The molecule has 1 heterocycles. The number of ketones is 1. The fourth-order valence-electron chi connectivity index (χ4n) is 4.57. The second-order valence-corrected chi connectivity index (χ2v) is 10.6. The third kappa shape index (κ3) is 5.41. The van der Waals surface area contributed by atoms with Gasteiger partial charge in [-0.25, -0.2) is 0 Å². The van der Waals surface area contributed by atoms with E-state index in [4.69, 9.17) is 21.1 Å². The highest BCUT2D eigenvalue weighted by Crippen LogP contribution is 2.42. The molecule has 3 aromatic carbocycles. The molecular weight excluding hydrogens is 502 g/mol. The van der Waals surface area contributed by atoms with Crippen molar-refractivity contribution in [2.24, 2.45) is 0 Å². The summed E-state index contributed by atoms with van der Waals surface area (Å²) in [5.74, 6) is -0.612. The summed E-state index contributed by atoms with van der Waals surface area (Å²) in [5, 5.41) is 11.7. The van der Waals surface area contributed by atoms with Crippen LogP contribution in [0.4, 0.5) is 0 Å². The number of methoxy groups -OCH3 is 1. The number of benzene rings is 3. The van der Waals surface area contributed by atoms with E-state index in [0.717, 1.165) is 16.9 Å². The first-order chi connectivity index (χ1) is 18.0. The molecule has 1 aliphatic rings. The smallest absolute Gasteiger partial charge is 0.295 e. The van der Waals surface area contributed by atoms with Crippen molar-refractivity contribution >= 4 is 29.1 Å². The zero-order valence-corrected chi connectivity index (χ0v) is 23.0. The summed E-state index contributed by atoms with van der Waals surface area (Å²) in [6.45, 7) is 8.98. The number of aliphatic hydroxyl groups is 1. The highest BCUT2D eigenvalue weighted by Gasteiger charge is 2.46. The Morgan fingerprint density at radius 1 is 0.974 bits per heavy atom. The number of rotatable bonds is 7. The van der Waals surface area contributed by atoms with Crippen molar-refractivity contribution in [2.75, 3.05) is 13.7 Å². The molecule has 0 aliphatic carbocycles. The van der Waals surface area contributed by atoms with Crippen molar-refractivity contribution in [3.05, 3.63) is 99.6 Å². The molecule has 3 aromatic rings. The van der Waals surface area contributed by atoms with Crippen molar-refractivity contribution in [1.29, 1.82) is 0 Å². The molecule has 0 bridgehead atoms. The van der Waals surface area contributed by atoms with E-state index in [1.807, 2.05) is 55.5 Å². The molecule has 1 amide bonds. The number of carbonyl (C=O) groups excluding carboxylic acids is 2. The fourth-order valence-corrected chi connectivity index (χ4v) is 4.77. The number of amides is 1. The van der Waals surface area contributed by atoms with Crippen LogP contribution in [0, 0.1) is 0 Å². The molecule has 198 valence electrons. The molecule has 0 spiro atoms. The van der Waals surface area contributed by atoms with E-state index in [1.165, 1.54) is 12.0 Å². The molecule has 38 heavy (non-hydrogen) atoms. The molecule has 0 aromatic heterocycles. The molecule has 1 N–H and O–H groups in total. The summed E-state index contributed by atoms with van der Waals surface area (Å²) in [7, 11) is 1.50. The first-order valence-electron chi connectivity index (χ1n) is 12.5. The second-order valence-electron chi connectivity index (χ2n) is 10.2. The van der Waals surface area contributed by atoms with Crippen LogP contribution >= 0.6 is 11.6 Å². The second kappa shape index (κ2) is 10.9. The van der Waals surface area contributed by atoms with Gasteiger partial charge >= 0.3 is 0 Å². The van der Waals surface area contributed by atoms with Crippen LogP contribution in [-0.4, -0.2) is 35.4 Å². The van der Waals surface area contributed by atoms with Crippen LogP contribution in [0.15, 0.2) is 72.3 Å². The van der Waals surface area contributed by atoms with Gasteiger partial charge < -0.3 is 19.5 Å². The number of hydrogen-bond donors (Lipinski definition) is 1. The number of hydrogen-bond acceptors (Lipinski definition) is 5. The number of Topliss-reactive ketones (excluding diaryl/α,β-unsaturated/α-hetero) is 1. The van der Waals surface area contributed by atoms with Crippen molar-refractivity contribution < 1.29 is 24.2 Å². The summed E-state index contributed by atoms with van der Waals surface area (Å²) in [6, 6.07) is 19.2. The Hall–Kier alpha value is -3.77. The van der Waals surface area contributed by atoms with Crippen molar-refractivity contribution in [3.63, 3.8) is 0 Å². The van der Waals surface area contributed by atoms with E-state index in [9.17, 15) is 14.7 Å². The monoisotopic (exact) mass is 533 g/mol. The molecular formula is C31H32ClNO5. The molecule has 4 rings (SSSR count). The number of halogens is 1. The van der Waals surface area contributed by atoms with Crippen LogP contribution < -0.4 is 9.47 Å². The summed E-state index contributed by atoms with van der Waals surface area (Å²) >= 11 is 6.41. The van der Waals surface area contributed by atoms with Crippen LogP contribution in [0.25, 0.3) is 5.76 Å². The van der Waals surface area contributed by atoms with Crippen LogP contribution in [0.1, 0.15) is 56.0 Å². The van der Waals surface area contributed by atoms with Gasteiger partial charge in [-0.05, 0) is 59.4 Å². The fraction of sp³-hybridized carbons (Fsp3) is 0.290. The lowest BCUT2D eigenvalue weighted by Crippen LogP contribution is -2.29. The van der Waals surface area contributed by atoms with Gasteiger partial charge in [0.25, 0.3) is 11.7 Å². The van der Waals surface area contributed by atoms with Gasteiger partial charge in [-0.3, -0.25) is 9.59 Å². The van der Waals surface area contributed by atoms with E-state index >= 15 is 0 Å². The lowest BCUT2D eigenvalue weighted by molar-refractivity contribution is -0.140. The first-order valence-corrected chi connectivity index (χ1v) is 12.9. The lowest BCUT2D eigenvalue weighted by atomic mass is 9.85. The number of ether oxygens (including phenoxy) is 2. The van der Waals surface area contributed by atoms with Gasteiger partial charge in [0, 0.05) is 12.1 Å². The molecule has 6 nitrogen and oxygen atoms in total. The van der Waals surface area contributed by atoms with E-state index in [2.05, 4.69) is 20.8 Å². The van der Waals surface area contributed by atoms with E-state index < -0.39 is 17.7 Å². The van der Waals surface area contributed by atoms with Gasteiger partial charge in [0.15, 0.2) is 0 Å². The van der Waals surface area contributed by atoms with E-state index in [-0.39, 0.29) is 33.9 Å². The Balaban J connectivity index is 1.84. The number of aliphatic hydroxyl groups excluding tert-OH is 1. The minimum atomic E-state index is -0.808. The number of nitrogens with zero attached hydrogens (tertiary/aromatic N) is 1. The number of likely N-dealkylation sites (tertiary alicyclic amines) is 1. The molecule has 1 atom stereocenters. The van der Waals surface area contributed by atoms with Crippen LogP contribution in [0.3, 0.4) is 0 Å². The van der Waals surface area contributed by atoms with Gasteiger partial charge in [0.05, 0.1) is 30.4 Å². The van der Waals surface area contributed by atoms with Crippen LogP contribution in [0.5, 0.6) is 11.5 Å². The van der Waals surface area contributed by atoms with Gasteiger partial charge in [-0.2, -0.15) is 0 Å². The Morgan fingerprint density at radius 2 is 1.61 bits per heavy atom. The minimum Gasteiger partial charge on any atom is -0.507 e.